The molecule has 1 N–H and O–H groups in total. The normalized spacial score (nSPS) is 11.5. The molecule has 0 aliphatic carbocycles. The third-order valence-electron chi connectivity index (χ3n) is 2.63. The molecule has 0 saturated carbocycles. The molecule has 0 unspecified atom stereocenters. The molecule has 1 heterocycles. The fourth-order valence-electron chi connectivity index (χ4n) is 1.56. The van der Waals surface area contributed by atoms with Crippen LogP contribution in [-0.2, 0) is 11.8 Å². The first kappa shape index (κ1) is 13.0. The van der Waals surface area contributed by atoms with Crippen LogP contribution in [0.3, 0.4) is 0 Å². The second-order valence-electron chi connectivity index (χ2n) is 5.34. The van der Waals surface area contributed by atoms with Crippen molar-refractivity contribution in [3.8, 4) is 0 Å². The van der Waals surface area contributed by atoms with E-state index in [1.165, 1.54) is 17.1 Å². The first-order valence-corrected chi connectivity index (χ1v) is 6.95. The van der Waals surface area contributed by atoms with Gasteiger partial charge in [-0.2, -0.15) is 4.37 Å². The van der Waals surface area contributed by atoms with E-state index in [-0.39, 0.29) is 5.41 Å². The minimum absolute atomic E-state index is 0.0237. The van der Waals surface area contributed by atoms with Crippen LogP contribution in [0.2, 0.25) is 0 Å². The average Bonchev–Trinajstić information content (AvgIpc) is 2.79. The average molecular weight is 261 g/mol. The van der Waals surface area contributed by atoms with Gasteiger partial charge in [0.1, 0.15) is 5.82 Å². The smallest absolute Gasteiger partial charge is 0.202 e. The Morgan fingerprint density at radius 3 is 2.50 bits per heavy atom. The van der Waals surface area contributed by atoms with Crippen LogP contribution >= 0.6 is 11.5 Å². The molecule has 2 aromatic rings. The topological polar surface area (TPSA) is 37.8 Å². The van der Waals surface area contributed by atoms with Gasteiger partial charge in [0.15, 0.2) is 0 Å². The maximum absolute atomic E-state index is 4.51. The van der Waals surface area contributed by atoms with E-state index < -0.39 is 0 Å². The number of hydrogen-bond donors (Lipinski definition) is 1. The maximum atomic E-state index is 4.51. The molecule has 0 radical (unpaired) electrons. The number of hydrogen-bond acceptors (Lipinski definition) is 4. The van der Waals surface area contributed by atoms with Crippen molar-refractivity contribution in [1.29, 1.82) is 0 Å². The summed E-state index contributed by atoms with van der Waals surface area (Å²) >= 11 is 1.44. The first-order valence-electron chi connectivity index (χ1n) is 6.18. The van der Waals surface area contributed by atoms with Gasteiger partial charge in [-0.1, -0.05) is 51.1 Å². The zero-order valence-corrected chi connectivity index (χ0v) is 11.9. The summed E-state index contributed by atoms with van der Waals surface area (Å²) < 4.78 is 4.38. The minimum Gasteiger partial charge on any atom is -0.360 e. The zero-order chi connectivity index (χ0) is 13.0. The molecule has 0 amide bonds. The molecule has 0 fully saturated rings. The van der Waals surface area contributed by atoms with Crippen LogP contribution < -0.4 is 5.32 Å². The predicted octanol–water partition coefficient (Wildman–Crippen LogP) is 3.49. The summed E-state index contributed by atoms with van der Waals surface area (Å²) in [5.41, 5.74) is 1.36. The fourth-order valence-corrected chi connectivity index (χ4v) is 2.34. The lowest BCUT2D eigenvalue weighted by atomic mass is 9.96. The molecule has 1 aromatic heterocycles. The third kappa shape index (κ3) is 3.53. The van der Waals surface area contributed by atoms with Gasteiger partial charge in [-0.3, -0.25) is 0 Å². The van der Waals surface area contributed by atoms with Crippen LogP contribution in [0, 0.1) is 0 Å². The summed E-state index contributed by atoms with van der Waals surface area (Å²) in [7, 11) is 0. The van der Waals surface area contributed by atoms with Crippen molar-refractivity contribution in [1.82, 2.24) is 9.36 Å². The van der Waals surface area contributed by atoms with E-state index in [4.69, 9.17) is 0 Å². The quantitative estimate of drug-likeness (QED) is 0.915. The van der Waals surface area contributed by atoms with Gasteiger partial charge >= 0.3 is 0 Å². The Morgan fingerprint density at radius 1 is 1.17 bits per heavy atom. The summed E-state index contributed by atoms with van der Waals surface area (Å²) in [4.78, 5) is 4.51. The van der Waals surface area contributed by atoms with Gasteiger partial charge in [-0.25, -0.2) is 4.98 Å². The molecule has 0 saturated heterocycles. The van der Waals surface area contributed by atoms with Gasteiger partial charge in [0.2, 0.25) is 5.13 Å². The molecule has 0 aliphatic rings. The Labute approximate surface area is 112 Å². The molecule has 18 heavy (non-hydrogen) atoms. The SMILES string of the molecule is CC(C)(C)c1nsc(NCCc2ccccc2)n1. The maximum Gasteiger partial charge on any atom is 0.202 e. The summed E-state index contributed by atoms with van der Waals surface area (Å²) in [6.07, 6.45) is 1.01. The number of nitrogens with one attached hydrogen (secondary N) is 1. The number of nitrogens with zero attached hydrogens (tertiary/aromatic N) is 2. The molecule has 96 valence electrons. The molecule has 3 nitrogen and oxygen atoms in total. The van der Waals surface area contributed by atoms with Gasteiger partial charge in [0.05, 0.1) is 0 Å². The summed E-state index contributed by atoms with van der Waals surface area (Å²) in [5, 5.41) is 4.24. The van der Waals surface area contributed by atoms with E-state index in [9.17, 15) is 0 Å². The molecular formula is C14H19N3S. The Bertz CT molecular complexity index is 485. The molecule has 0 aliphatic heterocycles. The van der Waals surface area contributed by atoms with Crippen molar-refractivity contribution < 1.29 is 0 Å². The van der Waals surface area contributed by atoms with Gasteiger partial charge in [0.25, 0.3) is 0 Å². The highest BCUT2D eigenvalue weighted by molar-refractivity contribution is 7.09. The van der Waals surface area contributed by atoms with Gasteiger partial charge in [-0.15, -0.1) is 0 Å². The van der Waals surface area contributed by atoms with E-state index in [1.54, 1.807) is 0 Å². The molecule has 0 bridgehead atoms. The highest BCUT2D eigenvalue weighted by Crippen LogP contribution is 2.22. The van der Waals surface area contributed by atoms with E-state index >= 15 is 0 Å². The Balaban J connectivity index is 1.86. The van der Waals surface area contributed by atoms with E-state index in [1.807, 2.05) is 6.07 Å². The summed E-state index contributed by atoms with van der Waals surface area (Å²) in [6, 6.07) is 10.5. The monoisotopic (exact) mass is 261 g/mol. The Kier molecular flexibility index (Phi) is 3.97. The minimum atomic E-state index is 0.0237. The Morgan fingerprint density at radius 2 is 1.89 bits per heavy atom. The lowest BCUT2D eigenvalue weighted by Gasteiger charge is -2.12. The molecule has 4 heteroatoms. The van der Waals surface area contributed by atoms with E-state index in [0.29, 0.717) is 0 Å². The van der Waals surface area contributed by atoms with Crippen LogP contribution in [0.25, 0.3) is 0 Å². The first-order chi connectivity index (χ1) is 8.55. The van der Waals surface area contributed by atoms with Crippen molar-refractivity contribution in [3.63, 3.8) is 0 Å². The van der Waals surface area contributed by atoms with Crippen LogP contribution in [0.1, 0.15) is 32.2 Å². The van der Waals surface area contributed by atoms with Crippen molar-refractivity contribution in [2.24, 2.45) is 0 Å². The van der Waals surface area contributed by atoms with Crippen molar-refractivity contribution in [2.75, 3.05) is 11.9 Å². The molecule has 0 atom stereocenters. The second-order valence-corrected chi connectivity index (χ2v) is 6.09. The fraction of sp³-hybridized carbons (Fsp3) is 0.429. The standard InChI is InChI=1S/C14H19N3S/c1-14(2,3)12-16-13(18-17-12)15-10-9-11-7-5-4-6-8-11/h4-8H,9-10H2,1-3H3,(H,15,16,17). The molecule has 2 rings (SSSR count). The van der Waals surface area contributed by atoms with Gasteiger partial charge in [-0.05, 0) is 12.0 Å². The van der Waals surface area contributed by atoms with Crippen molar-refractivity contribution in [3.05, 3.63) is 41.7 Å². The number of anilines is 1. The summed E-state index contributed by atoms with van der Waals surface area (Å²) in [5.74, 6) is 0.912. The van der Waals surface area contributed by atoms with Crippen LogP contribution in [0.5, 0.6) is 0 Å². The Hall–Kier alpha value is -1.42. The predicted molar refractivity (Wildman–Crippen MR) is 77.2 cm³/mol. The molecule has 1 aromatic carbocycles. The van der Waals surface area contributed by atoms with Crippen LogP contribution in [0.15, 0.2) is 30.3 Å². The van der Waals surface area contributed by atoms with Crippen LogP contribution in [-0.4, -0.2) is 15.9 Å². The van der Waals surface area contributed by atoms with E-state index in [0.717, 1.165) is 23.9 Å². The van der Waals surface area contributed by atoms with Crippen molar-refractivity contribution >= 4 is 16.7 Å². The summed E-state index contributed by atoms with van der Waals surface area (Å²) in [6.45, 7) is 7.27. The lowest BCUT2D eigenvalue weighted by Crippen LogP contribution is -2.13. The lowest BCUT2D eigenvalue weighted by molar-refractivity contribution is 0.555. The number of rotatable bonds is 4. The highest BCUT2D eigenvalue weighted by atomic mass is 32.1. The second kappa shape index (κ2) is 5.48. The van der Waals surface area contributed by atoms with E-state index in [2.05, 4.69) is 59.7 Å². The highest BCUT2D eigenvalue weighted by Gasteiger charge is 2.19. The largest absolute Gasteiger partial charge is 0.360 e. The zero-order valence-electron chi connectivity index (χ0n) is 11.1. The number of benzene rings is 1. The molecule has 0 spiro atoms. The van der Waals surface area contributed by atoms with Gasteiger partial charge < -0.3 is 5.32 Å². The third-order valence-corrected chi connectivity index (χ3v) is 3.30. The van der Waals surface area contributed by atoms with Crippen molar-refractivity contribution in [2.45, 2.75) is 32.6 Å². The van der Waals surface area contributed by atoms with Gasteiger partial charge in [0, 0.05) is 23.5 Å². The molecular weight excluding hydrogens is 242 g/mol. The van der Waals surface area contributed by atoms with Crippen LogP contribution in [0.4, 0.5) is 5.13 Å². The number of aromatic nitrogens is 2.